The van der Waals surface area contributed by atoms with Crippen molar-refractivity contribution in [3.8, 4) is 0 Å². The van der Waals surface area contributed by atoms with Gasteiger partial charge in [0.15, 0.2) is 5.60 Å². The van der Waals surface area contributed by atoms with E-state index in [0.717, 1.165) is 5.56 Å². The molecule has 0 saturated carbocycles. The molecule has 0 aliphatic rings. The van der Waals surface area contributed by atoms with Crippen LogP contribution in [0.5, 0.6) is 0 Å². The molecular weight excluding hydrogens is 236 g/mol. The highest BCUT2D eigenvalue weighted by Gasteiger charge is 2.39. The lowest BCUT2D eigenvalue weighted by Crippen LogP contribution is -2.43. The zero-order valence-electron chi connectivity index (χ0n) is 10.1. The first-order valence-corrected chi connectivity index (χ1v) is 5.54. The molecule has 0 bridgehead atoms. The molecule has 0 saturated heterocycles. The van der Waals surface area contributed by atoms with Crippen molar-refractivity contribution in [2.24, 2.45) is 0 Å². The highest BCUT2D eigenvalue weighted by molar-refractivity contribution is 5.79. The number of ether oxygens (including phenoxy) is 1. The van der Waals surface area contributed by atoms with Crippen LogP contribution in [0.1, 0.15) is 18.4 Å². The summed E-state index contributed by atoms with van der Waals surface area (Å²) in [5.41, 5.74) is -0.688. The summed E-state index contributed by atoms with van der Waals surface area (Å²) in [6.45, 7) is 0. The van der Waals surface area contributed by atoms with E-state index in [1.807, 2.05) is 6.07 Å². The second kappa shape index (κ2) is 6.16. The molecule has 1 atom stereocenters. The summed E-state index contributed by atoms with van der Waals surface area (Å²) in [6.07, 6.45) is -0.164. The molecule has 0 aliphatic heterocycles. The predicted octanol–water partition coefficient (Wildman–Crippen LogP) is 1.56. The van der Waals surface area contributed by atoms with Crippen molar-refractivity contribution >= 4 is 11.9 Å². The van der Waals surface area contributed by atoms with Gasteiger partial charge in [-0.1, -0.05) is 30.3 Å². The average Bonchev–Trinajstić information content (AvgIpc) is 2.35. The van der Waals surface area contributed by atoms with E-state index in [1.54, 1.807) is 24.3 Å². The van der Waals surface area contributed by atoms with Gasteiger partial charge < -0.3 is 14.9 Å². The fourth-order valence-corrected chi connectivity index (χ4v) is 1.77. The fraction of sp³-hybridized carbons (Fsp3) is 0.385. The maximum absolute atomic E-state index is 11.4. The van der Waals surface area contributed by atoms with Crippen molar-refractivity contribution < 1.29 is 24.5 Å². The van der Waals surface area contributed by atoms with E-state index >= 15 is 0 Å². The van der Waals surface area contributed by atoms with Crippen LogP contribution in [0.2, 0.25) is 0 Å². The third kappa shape index (κ3) is 3.56. The van der Waals surface area contributed by atoms with Crippen LogP contribution in [0.15, 0.2) is 30.3 Å². The Labute approximate surface area is 105 Å². The Balaban J connectivity index is 2.89. The van der Waals surface area contributed by atoms with Crippen LogP contribution in [-0.4, -0.2) is 34.9 Å². The van der Waals surface area contributed by atoms with Gasteiger partial charge in [0.1, 0.15) is 0 Å². The Morgan fingerprint density at radius 3 is 2.28 bits per heavy atom. The standard InChI is InChI=1S/C13H16O5/c1-18-13(12(16)17,8-7-11(14)15)9-10-5-3-2-4-6-10/h2-6H,7-9H2,1H3,(H,14,15)(H,16,17). The van der Waals surface area contributed by atoms with Crippen molar-refractivity contribution in [2.75, 3.05) is 7.11 Å². The zero-order valence-corrected chi connectivity index (χ0v) is 10.1. The number of methoxy groups -OCH3 is 1. The lowest BCUT2D eigenvalue weighted by Gasteiger charge is -2.27. The molecule has 5 heteroatoms. The van der Waals surface area contributed by atoms with E-state index in [1.165, 1.54) is 7.11 Å². The third-order valence-electron chi connectivity index (χ3n) is 2.86. The number of rotatable bonds is 7. The summed E-state index contributed by atoms with van der Waals surface area (Å²) < 4.78 is 5.09. The average molecular weight is 252 g/mol. The molecule has 0 amide bonds. The van der Waals surface area contributed by atoms with Gasteiger partial charge >= 0.3 is 11.9 Å². The van der Waals surface area contributed by atoms with Gasteiger partial charge in [0.2, 0.25) is 0 Å². The summed E-state index contributed by atoms with van der Waals surface area (Å²) in [5, 5.41) is 18.0. The number of carboxylic acids is 2. The molecule has 18 heavy (non-hydrogen) atoms. The van der Waals surface area contributed by atoms with Crippen LogP contribution in [0.4, 0.5) is 0 Å². The SMILES string of the molecule is COC(CCC(=O)O)(Cc1ccccc1)C(=O)O. The molecule has 1 unspecified atom stereocenters. The molecule has 98 valence electrons. The summed E-state index contributed by atoms with van der Waals surface area (Å²) >= 11 is 0. The Morgan fingerprint density at radius 2 is 1.83 bits per heavy atom. The Morgan fingerprint density at radius 1 is 1.22 bits per heavy atom. The zero-order chi connectivity index (χ0) is 13.6. The van der Waals surface area contributed by atoms with Crippen molar-refractivity contribution in [2.45, 2.75) is 24.9 Å². The monoisotopic (exact) mass is 252 g/mol. The molecule has 5 nitrogen and oxygen atoms in total. The third-order valence-corrected chi connectivity index (χ3v) is 2.86. The van der Waals surface area contributed by atoms with Gasteiger partial charge in [0.25, 0.3) is 0 Å². The van der Waals surface area contributed by atoms with Crippen molar-refractivity contribution in [3.05, 3.63) is 35.9 Å². The van der Waals surface area contributed by atoms with Crippen molar-refractivity contribution in [1.82, 2.24) is 0 Å². The smallest absolute Gasteiger partial charge is 0.336 e. The van der Waals surface area contributed by atoms with Gasteiger partial charge in [0, 0.05) is 20.0 Å². The van der Waals surface area contributed by atoms with Crippen LogP contribution in [0, 0.1) is 0 Å². The van der Waals surface area contributed by atoms with Gasteiger partial charge in [-0.3, -0.25) is 4.79 Å². The summed E-state index contributed by atoms with van der Waals surface area (Å²) in [5.74, 6) is -2.18. The second-order valence-corrected chi connectivity index (χ2v) is 4.06. The molecule has 0 aromatic heterocycles. The molecule has 0 spiro atoms. The van der Waals surface area contributed by atoms with E-state index < -0.39 is 17.5 Å². The van der Waals surface area contributed by atoms with Crippen LogP contribution in [0.3, 0.4) is 0 Å². The summed E-state index contributed by atoms with van der Waals surface area (Å²) in [7, 11) is 1.29. The molecule has 2 N–H and O–H groups in total. The molecule has 1 rings (SSSR count). The first kappa shape index (κ1) is 14.2. The molecule has 0 radical (unpaired) electrons. The predicted molar refractivity (Wildman–Crippen MR) is 64.4 cm³/mol. The van der Waals surface area contributed by atoms with Crippen LogP contribution >= 0.6 is 0 Å². The van der Waals surface area contributed by atoms with E-state index in [0.29, 0.717) is 0 Å². The minimum absolute atomic E-state index is 0.0664. The molecular formula is C13H16O5. The second-order valence-electron chi connectivity index (χ2n) is 4.06. The van der Waals surface area contributed by atoms with E-state index in [4.69, 9.17) is 9.84 Å². The highest BCUT2D eigenvalue weighted by atomic mass is 16.5. The maximum atomic E-state index is 11.4. The minimum Gasteiger partial charge on any atom is -0.481 e. The minimum atomic E-state index is -1.49. The molecule has 0 fully saturated rings. The van der Waals surface area contributed by atoms with Crippen LogP contribution in [-0.2, 0) is 20.7 Å². The number of hydrogen-bond acceptors (Lipinski definition) is 3. The maximum Gasteiger partial charge on any atom is 0.336 e. The van der Waals surface area contributed by atoms with Gasteiger partial charge in [-0.15, -0.1) is 0 Å². The number of benzene rings is 1. The number of aliphatic carboxylic acids is 2. The van der Waals surface area contributed by atoms with Gasteiger partial charge in [0.05, 0.1) is 0 Å². The van der Waals surface area contributed by atoms with Gasteiger partial charge in [-0.25, -0.2) is 4.79 Å². The Bertz CT molecular complexity index is 415. The van der Waals surface area contributed by atoms with Crippen LogP contribution < -0.4 is 0 Å². The van der Waals surface area contributed by atoms with Crippen LogP contribution in [0.25, 0.3) is 0 Å². The molecule has 1 aromatic carbocycles. The van der Waals surface area contributed by atoms with E-state index in [2.05, 4.69) is 0 Å². The van der Waals surface area contributed by atoms with E-state index in [9.17, 15) is 14.7 Å². The quantitative estimate of drug-likeness (QED) is 0.769. The Kier molecular flexibility index (Phi) is 4.85. The number of carboxylic acid groups (broad SMARTS) is 2. The lowest BCUT2D eigenvalue weighted by molar-refractivity contribution is -0.164. The summed E-state index contributed by atoms with van der Waals surface area (Å²) in [6, 6.07) is 9.01. The van der Waals surface area contributed by atoms with E-state index in [-0.39, 0.29) is 19.3 Å². The summed E-state index contributed by atoms with van der Waals surface area (Å²) in [4.78, 5) is 21.9. The Hall–Kier alpha value is -1.88. The highest BCUT2D eigenvalue weighted by Crippen LogP contribution is 2.23. The lowest BCUT2D eigenvalue weighted by atomic mass is 9.89. The van der Waals surface area contributed by atoms with Crippen molar-refractivity contribution in [3.63, 3.8) is 0 Å². The van der Waals surface area contributed by atoms with Crippen molar-refractivity contribution in [1.29, 1.82) is 0 Å². The van der Waals surface area contributed by atoms with Gasteiger partial charge in [-0.2, -0.15) is 0 Å². The van der Waals surface area contributed by atoms with Gasteiger partial charge in [-0.05, 0) is 12.0 Å². The molecule has 0 heterocycles. The number of carbonyl (C=O) groups is 2. The topological polar surface area (TPSA) is 83.8 Å². The first-order valence-electron chi connectivity index (χ1n) is 5.54. The largest absolute Gasteiger partial charge is 0.481 e. The molecule has 1 aromatic rings. The first-order chi connectivity index (χ1) is 8.50. The normalized spacial score (nSPS) is 13.8. The fourth-order valence-electron chi connectivity index (χ4n) is 1.77. The number of hydrogen-bond donors (Lipinski definition) is 2. The molecule has 0 aliphatic carbocycles.